The Morgan fingerprint density at radius 3 is 2.60 bits per heavy atom. The number of hydrogen-bond acceptors (Lipinski definition) is 5. The third-order valence-corrected chi connectivity index (χ3v) is 1.49. The molecule has 0 spiro atoms. The highest BCUT2D eigenvalue weighted by Gasteiger charge is 2.15. The van der Waals surface area contributed by atoms with Gasteiger partial charge in [-0.2, -0.15) is 0 Å². The Morgan fingerprint density at radius 2 is 2.20 bits per heavy atom. The second-order valence-electron chi connectivity index (χ2n) is 2.45. The molecule has 0 aromatic carbocycles. The van der Waals surface area contributed by atoms with Crippen LogP contribution in [-0.4, -0.2) is 36.8 Å². The molecule has 0 aliphatic heterocycles. The van der Waals surface area contributed by atoms with E-state index >= 15 is 0 Å². The van der Waals surface area contributed by atoms with Gasteiger partial charge in [-0.05, 0) is 19.4 Å². The lowest BCUT2D eigenvalue weighted by molar-refractivity contribution is -0.140. The van der Waals surface area contributed by atoms with Gasteiger partial charge in [0.05, 0.1) is 0 Å². The van der Waals surface area contributed by atoms with E-state index in [2.05, 4.69) is 10.1 Å². The topological polar surface area (TPSA) is 108 Å². The molecule has 0 aliphatic rings. The maximum atomic E-state index is 10.6. The minimum atomic E-state index is -0.929. The number of nitrogens with one attached hydrogen (secondary N) is 2. The van der Waals surface area contributed by atoms with Gasteiger partial charge in [-0.3, -0.25) is 15.5 Å². The number of aliphatic carboxylic acids is 1. The van der Waals surface area contributed by atoms with Crippen LogP contribution in [0.25, 0.3) is 0 Å². The first-order valence-electron chi connectivity index (χ1n) is 3.99. The lowest BCUT2D eigenvalue weighted by Crippen LogP contribution is -2.38. The lowest BCUT2D eigenvalue weighted by atomic mass is 10.1. The number of ether oxygens (including phenoxy) is 1. The van der Waals surface area contributed by atoms with Crippen LogP contribution in [0.3, 0.4) is 0 Å². The first-order valence-corrected chi connectivity index (χ1v) is 3.99. The number of carboxylic acid groups (broad SMARTS) is 1. The van der Waals surface area contributed by atoms with Crippen molar-refractivity contribution in [1.82, 2.24) is 5.32 Å². The van der Waals surface area contributed by atoms with E-state index < -0.39 is 12.0 Å². The van der Waals surface area contributed by atoms with Crippen molar-refractivity contribution in [2.75, 3.05) is 13.3 Å². The van der Waals surface area contributed by atoms with E-state index in [-0.39, 0.29) is 31.5 Å². The van der Waals surface area contributed by atoms with Crippen LogP contribution in [-0.2, 0) is 9.53 Å². The number of hydrogen-bond donors (Lipinski definition) is 4. The zero-order valence-electron chi connectivity index (χ0n) is 8.14. The van der Waals surface area contributed by atoms with Gasteiger partial charge in [-0.25, -0.2) is 0 Å². The zero-order valence-corrected chi connectivity index (χ0v) is 9.77. The average Bonchev–Trinajstić information content (AvgIpc) is 2.10. The molecule has 1 atom stereocenters. The van der Waals surface area contributed by atoms with E-state index in [1.54, 1.807) is 0 Å². The molecular weight excluding hydrogens is 245 g/mol. The summed E-state index contributed by atoms with van der Waals surface area (Å²) in [6.45, 7) is 0.502. The molecule has 0 rings (SSSR count). The molecule has 0 unspecified atom stereocenters. The van der Waals surface area contributed by atoms with Crippen LogP contribution in [0, 0.1) is 5.41 Å². The van der Waals surface area contributed by atoms with E-state index in [1.165, 1.54) is 0 Å². The van der Waals surface area contributed by atoms with Crippen LogP contribution in [0.2, 0.25) is 0 Å². The highest BCUT2D eigenvalue weighted by atomic mass is 35.5. The number of nitrogens with two attached hydrogens (primary N) is 1. The summed E-state index contributed by atoms with van der Waals surface area (Å²) in [5.41, 5.74) is 5.24. The van der Waals surface area contributed by atoms with Gasteiger partial charge in [0, 0.05) is 0 Å². The van der Waals surface area contributed by atoms with E-state index in [0.717, 1.165) is 6.40 Å². The lowest BCUT2D eigenvalue weighted by Gasteiger charge is -2.12. The van der Waals surface area contributed by atoms with Crippen molar-refractivity contribution < 1.29 is 14.6 Å². The highest BCUT2D eigenvalue weighted by Crippen LogP contribution is 1.95. The Kier molecular flexibility index (Phi) is 17.9. The molecule has 0 aromatic heterocycles. The van der Waals surface area contributed by atoms with Gasteiger partial charge in [0.25, 0.3) is 0 Å². The van der Waals surface area contributed by atoms with E-state index in [0.29, 0.717) is 19.4 Å². The van der Waals surface area contributed by atoms with Crippen LogP contribution in [0.4, 0.5) is 0 Å². The van der Waals surface area contributed by atoms with Gasteiger partial charge in [0.15, 0.2) is 6.40 Å². The summed E-state index contributed by atoms with van der Waals surface area (Å²) in [6.07, 6.45) is 1.87. The average molecular weight is 262 g/mol. The van der Waals surface area contributed by atoms with Gasteiger partial charge >= 0.3 is 5.97 Å². The van der Waals surface area contributed by atoms with Gasteiger partial charge in [0.1, 0.15) is 12.8 Å². The van der Waals surface area contributed by atoms with Crippen molar-refractivity contribution >= 4 is 37.2 Å². The Morgan fingerprint density at radius 1 is 1.60 bits per heavy atom. The van der Waals surface area contributed by atoms with Gasteiger partial charge in [-0.15, -0.1) is 24.8 Å². The van der Waals surface area contributed by atoms with Gasteiger partial charge in [-0.1, -0.05) is 0 Å². The maximum Gasteiger partial charge on any atom is 0.320 e. The summed E-state index contributed by atoms with van der Waals surface area (Å²) in [5, 5.41) is 17.8. The van der Waals surface area contributed by atoms with E-state index in [1.807, 2.05) is 0 Å². The van der Waals surface area contributed by atoms with Crippen LogP contribution in [0.5, 0.6) is 0 Å². The molecule has 0 amide bonds. The zero-order chi connectivity index (χ0) is 10.1. The minimum Gasteiger partial charge on any atom is -0.480 e. The van der Waals surface area contributed by atoms with Crippen molar-refractivity contribution in [3.05, 3.63) is 0 Å². The molecular formula is C7H17Cl2N3O3. The number of carboxylic acids is 1. The largest absolute Gasteiger partial charge is 0.480 e. The molecule has 0 aliphatic carbocycles. The molecule has 5 N–H and O–H groups in total. The van der Waals surface area contributed by atoms with Crippen molar-refractivity contribution in [1.29, 1.82) is 5.41 Å². The molecule has 8 heteroatoms. The van der Waals surface area contributed by atoms with Gasteiger partial charge < -0.3 is 15.6 Å². The monoisotopic (exact) mass is 261 g/mol. The molecule has 15 heavy (non-hydrogen) atoms. The summed E-state index contributed by atoms with van der Waals surface area (Å²) in [6, 6.07) is -0.650. The molecule has 0 bridgehead atoms. The number of rotatable bonds is 8. The van der Waals surface area contributed by atoms with Crippen molar-refractivity contribution in [3.63, 3.8) is 0 Å². The third kappa shape index (κ3) is 11.4. The first-order chi connectivity index (χ1) is 6.22. The minimum absolute atomic E-state index is 0. The Labute approximate surface area is 101 Å². The van der Waals surface area contributed by atoms with Crippen LogP contribution < -0.4 is 11.1 Å². The highest BCUT2D eigenvalue weighted by molar-refractivity contribution is 5.85. The Bertz CT molecular complexity index is 172. The standard InChI is InChI=1S/C7H15N3O3.2ClH/c8-3-1-2-6(7(11)12)10-5-13-4-9;;/h4,6,9-10H,1-3,5,8H2,(H,11,12);2*1H/t6-;;/m0../s1. The maximum absolute atomic E-state index is 10.6. The van der Waals surface area contributed by atoms with Crippen LogP contribution >= 0.6 is 24.8 Å². The Hall–Kier alpha value is -0.560. The quantitative estimate of drug-likeness (QED) is 0.216. The molecule has 0 heterocycles. The normalized spacial score (nSPS) is 10.5. The number of halogens is 2. The number of carbonyl (C=O) groups is 1. The van der Waals surface area contributed by atoms with Crippen LogP contribution in [0.15, 0.2) is 0 Å². The molecule has 0 fully saturated rings. The molecule has 0 aromatic rings. The molecule has 6 nitrogen and oxygen atoms in total. The Balaban J connectivity index is -0.000000720. The first kappa shape index (κ1) is 19.9. The van der Waals surface area contributed by atoms with Crippen molar-refractivity contribution in [3.8, 4) is 0 Å². The van der Waals surface area contributed by atoms with Crippen molar-refractivity contribution in [2.24, 2.45) is 5.73 Å². The smallest absolute Gasteiger partial charge is 0.320 e. The fourth-order valence-corrected chi connectivity index (χ4v) is 0.825. The fourth-order valence-electron chi connectivity index (χ4n) is 0.825. The molecule has 0 saturated carbocycles. The summed E-state index contributed by atoms with van der Waals surface area (Å²) in [7, 11) is 0. The van der Waals surface area contributed by atoms with E-state index in [4.69, 9.17) is 16.2 Å². The summed E-state index contributed by atoms with van der Waals surface area (Å²) in [5.74, 6) is -0.929. The van der Waals surface area contributed by atoms with E-state index in [9.17, 15) is 4.79 Å². The van der Waals surface area contributed by atoms with Crippen LogP contribution in [0.1, 0.15) is 12.8 Å². The molecule has 0 saturated heterocycles. The summed E-state index contributed by atoms with van der Waals surface area (Å²) < 4.78 is 4.53. The predicted octanol–water partition coefficient (Wildman–Crippen LogP) is 0.193. The second kappa shape index (κ2) is 13.4. The summed E-state index contributed by atoms with van der Waals surface area (Å²) in [4.78, 5) is 10.6. The van der Waals surface area contributed by atoms with Crippen molar-refractivity contribution in [2.45, 2.75) is 18.9 Å². The molecule has 0 radical (unpaired) electrons. The third-order valence-electron chi connectivity index (χ3n) is 1.49. The van der Waals surface area contributed by atoms with Gasteiger partial charge in [0.2, 0.25) is 0 Å². The SMILES string of the molecule is Cl.Cl.N=COCN[C@@H](CCCN)C(=O)O. The predicted molar refractivity (Wildman–Crippen MR) is 62.1 cm³/mol. The fraction of sp³-hybridized carbons (Fsp3) is 0.714. The molecule has 92 valence electrons. The summed E-state index contributed by atoms with van der Waals surface area (Å²) >= 11 is 0. The second-order valence-corrected chi connectivity index (χ2v) is 2.45.